The van der Waals surface area contributed by atoms with E-state index in [-0.39, 0.29) is 18.9 Å². The van der Waals surface area contributed by atoms with Crippen LogP contribution in [0.15, 0.2) is 47.4 Å². The third-order valence-electron chi connectivity index (χ3n) is 6.33. The minimum Gasteiger partial charge on any atom is -0.465 e. The van der Waals surface area contributed by atoms with Gasteiger partial charge in [0.2, 0.25) is 11.8 Å². The Morgan fingerprint density at radius 2 is 2.00 bits per heavy atom. The molecule has 1 aromatic carbocycles. The zero-order chi connectivity index (χ0) is 27.7. The highest BCUT2D eigenvalue weighted by atomic mass is 16.5. The maximum absolute atomic E-state index is 13.0. The van der Waals surface area contributed by atoms with Gasteiger partial charge in [-0.25, -0.2) is 14.8 Å². The molecule has 0 radical (unpaired) electrons. The number of carbonyl (C=O) groups is 2. The summed E-state index contributed by atoms with van der Waals surface area (Å²) in [6, 6.07) is 7.03. The molecule has 0 saturated carbocycles. The first kappa shape index (κ1) is 25.8. The molecule has 1 aliphatic heterocycles. The molecular formula is C26H29N9O4. The number of anilines is 2. The van der Waals surface area contributed by atoms with Gasteiger partial charge in [0.1, 0.15) is 0 Å². The zero-order valence-electron chi connectivity index (χ0n) is 22.0. The van der Waals surface area contributed by atoms with Gasteiger partial charge in [0, 0.05) is 43.5 Å². The monoisotopic (exact) mass is 531 g/mol. The van der Waals surface area contributed by atoms with E-state index in [1.54, 1.807) is 23.1 Å². The van der Waals surface area contributed by atoms with Crippen LogP contribution in [-0.4, -0.2) is 58.4 Å². The second-order valence-electron chi connectivity index (χ2n) is 10.4. The van der Waals surface area contributed by atoms with Gasteiger partial charge in [0.15, 0.2) is 0 Å². The molecule has 0 bridgehead atoms. The van der Waals surface area contributed by atoms with Crippen LogP contribution < -0.4 is 10.6 Å². The third-order valence-corrected chi connectivity index (χ3v) is 6.33. The van der Waals surface area contributed by atoms with Gasteiger partial charge in [0.05, 0.1) is 23.6 Å². The second-order valence-corrected chi connectivity index (χ2v) is 10.4. The molecule has 202 valence electrons. The predicted molar refractivity (Wildman–Crippen MR) is 140 cm³/mol. The standard InChI is InChI=1S/C26H29N9O4/c1-26(2,3)23-32-21(33-39-23)22(36)30-20-8-10-35(25(37)38)13-16-11-15(5-6-18(16)20)19-7-9-27-24(31-19)29-17-12-28-34(4)14-17/h5-7,9,11-12,14,20H,8,10,13H2,1-4H3,(H,30,36)(H,37,38)(H,27,29,31)/t20-/m1/s1. The summed E-state index contributed by atoms with van der Waals surface area (Å²) in [6.07, 6.45) is 4.49. The normalized spacial score (nSPS) is 15.4. The lowest BCUT2D eigenvalue weighted by Gasteiger charge is -2.19. The highest BCUT2D eigenvalue weighted by molar-refractivity contribution is 5.90. The fraction of sp³-hybridized carbons (Fsp3) is 0.346. The van der Waals surface area contributed by atoms with Crippen molar-refractivity contribution in [3.63, 3.8) is 0 Å². The van der Waals surface area contributed by atoms with Crippen LogP contribution in [0.5, 0.6) is 0 Å². The quantitative estimate of drug-likeness (QED) is 0.346. The Morgan fingerprint density at radius 3 is 2.69 bits per heavy atom. The van der Waals surface area contributed by atoms with Gasteiger partial charge in [0.25, 0.3) is 11.7 Å². The summed E-state index contributed by atoms with van der Waals surface area (Å²) in [4.78, 5) is 39.4. The zero-order valence-corrected chi connectivity index (χ0v) is 22.0. The van der Waals surface area contributed by atoms with Crippen molar-refractivity contribution in [2.24, 2.45) is 7.05 Å². The first-order valence-electron chi connectivity index (χ1n) is 12.4. The Labute approximate surface area is 224 Å². The fourth-order valence-electron chi connectivity index (χ4n) is 4.32. The molecule has 4 aromatic rings. The predicted octanol–water partition coefficient (Wildman–Crippen LogP) is 3.66. The maximum atomic E-state index is 13.0. The lowest BCUT2D eigenvalue weighted by atomic mass is 9.96. The molecule has 3 N–H and O–H groups in total. The third kappa shape index (κ3) is 5.71. The summed E-state index contributed by atoms with van der Waals surface area (Å²) < 4.78 is 6.94. The molecule has 0 unspecified atom stereocenters. The summed E-state index contributed by atoms with van der Waals surface area (Å²) in [5.41, 5.74) is 3.39. The number of aromatic nitrogens is 6. The number of carbonyl (C=O) groups excluding carboxylic acids is 1. The van der Waals surface area contributed by atoms with Gasteiger partial charge < -0.3 is 25.2 Å². The molecule has 4 heterocycles. The van der Waals surface area contributed by atoms with Gasteiger partial charge in [-0.3, -0.25) is 9.48 Å². The molecule has 0 spiro atoms. The number of benzene rings is 1. The van der Waals surface area contributed by atoms with Gasteiger partial charge >= 0.3 is 6.09 Å². The summed E-state index contributed by atoms with van der Waals surface area (Å²) >= 11 is 0. The molecule has 2 amide bonds. The summed E-state index contributed by atoms with van der Waals surface area (Å²) in [7, 11) is 1.82. The van der Waals surface area contributed by atoms with Crippen LogP contribution in [0.1, 0.15) is 60.9 Å². The summed E-state index contributed by atoms with van der Waals surface area (Å²) in [5, 5.41) is 23.8. The average Bonchev–Trinajstić information content (AvgIpc) is 3.51. The van der Waals surface area contributed by atoms with Crippen molar-refractivity contribution in [1.82, 2.24) is 40.1 Å². The van der Waals surface area contributed by atoms with Gasteiger partial charge in [-0.05, 0) is 29.7 Å². The number of carboxylic acid groups (broad SMARTS) is 1. The van der Waals surface area contributed by atoms with E-state index in [1.165, 1.54) is 4.90 Å². The van der Waals surface area contributed by atoms with Gasteiger partial charge in [-0.2, -0.15) is 10.1 Å². The molecule has 13 nitrogen and oxygen atoms in total. The van der Waals surface area contributed by atoms with Crippen LogP contribution in [0.4, 0.5) is 16.4 Å². The number of hydrogen-bond donors (Lipinski definition) is 3. The first-order chi connectivity index (χ1) is 18.6. The van der Waals surface area contributed by atoms with Crippen molar-refractivity contribution in [1.29, 1.82) is 0 Å². The van der Waals surface area contributed by atoms with Gasteiger partial charge in [-0.1, -0.05) is 38.1 Å². The van der Waals surface area contributed by atoms with Crippen molar-refractivity contribution < 1.29 is 19.2 Å². The highest BCUT2D eigenvalue weighted by Gasteiger charge is 2.29. The lowest BCUT2D eigenvalue weighted by molar-refractivity contribution is 0.0919. The molecule has 39 heavy (non-hydrogen) atoms. The van der Waals surface area contributed by atoms with E-state index < -0.39 is 23.5 Å². The maximum Gasteiger partial charge on any atom is 0.407 e. The fourth-order valence-corrected chi connectivity index (χ4v) is 4.32. The average molecular weight is 532 g/mol. The van der Waals surface area contributed by atoms with Crippen molar-refractivity contribution in [3.8, 4) is 11.3 Å². The SMILES string of the molecule is Cn1cc(Nc2nccc(-c3ccc4c(c3)CN(C(=O)O)CC[C@H]4NC(=O)c3noc(C(C)(C)C)n3)n2)cn1. The van der Waals surface area contributed by atoms with Crippen LogP contribution >= 0.6 is 0 Å². The van der Waals surface area contributed by atoms with Crippen molar-refractivity contribution in [2.45, 2.75) is 45.2 Å². The Bertz CT molecular complexity index is 1520. The number of nitrogens with one attached hydrogen (secondary N) is 2. The van der Waals surface area contributed by atoms with E-state index >= 15 is 0 Å². The summed E-state index contributed by atoms with van der Waals surface area (Å²) in [5.74, 6) is 0.215. The number of aryl methyl sites for hydroxylation is 1. The Balaban J connectivity index is 1.43. The van der Waals surface area contributed by atoms with E-state index in [4.69, 9.17) is 4.52 Å². The van der Waals surface area contributed by atoms with E-state index in [0.717, 1.165) is 22.4 Å². The molecule has 0 fully saturated rings. The van der Waals surface area contributed by atoms with Gasteiger partial charge in [-0.15, -0.1) is 0 Å². The molecular weight excluding hydrogens is 502 g/mol. The van der Waals surface area contributed by atoms with Crippen molar-refractivity contribution in [2.75, 3.05) is 11.9 Å². The molecule has 1 atom stereocenters. The molecule has 13 heteroatoms. The smallest absolute Gasteiger partial charge is 0.407 e. The van der Waals surface area contributed by atoms with E-state index in [1.807, 2.05) is 52.2 Å². The second kappa shape index (κ2) is 10.2. The molecule has 3 aromatic heterocycles. The minimum absolute atomic E-state index is 0.0629. The van der Waals surface area contributed by atoms with Crippen molar-refractivity contribution >= 4 is 23.6 Å². The van der Waals surface area contributed by atoms with Crippen molar-refractivity contribution in [3.05, 3.63) is 65.7 Å². The summed E-state index contributed by atoms with van der Waals surface area (Å²) in [6.45, 7) is 6.16. The number of fused-ring (bicyclic) bond motifs is 1. The molecule has 1 aliphatic rings. The number of amides is 2. The van der Waals surface area contributed by atoms with Crippen LogP contribution in [0.3, 0.4) is 0 Å². The van der Waals surface area contributed by atoms with Crippen LogP contribution in [0.25, 0.3) is 11.3 Å². The Kier molecular flexibility index (Phi) is 6.73. The van der Waals surface area contributed by atoms with E-state index in [2.05, 4.69) is 35.8 Å². The number of hydrogen-bond acceptors (Lipinski definition) is 9. The minimum atomic E-state index is -1.03. The largest absolute Gasteiger partial charge is 0.465 e. The topological polar surface area (TPSA) is 164 Å². The van der Waals surface area contributed by atoms with Crippen LogP contribution in [-0.2, 0) is 19.0 Å². The van der Waals surface area contributed by atoms with E-state index in [0.29, 0.717) is 24.0 Å². The number of rotatable bonds is 5. The highest BCUT2D eigenvalue weighted by Crippen LogP contribution is 2.31. The van der Waals surface area contributed by atoms with Crippen LogP contribution in [0.2, 0.25) is 0 Å². The molecule has 5 rings (SSSR count). The first-order valence-corrected chi connectivity index (χ1v) is 12.4. The molecule has 0 aliphatic carbocycles. The molecule has 0 saturated heterocycles. The Morgan fingerprint density at radius 1 is 1.18 bits per heavy atom. The Hall–Kier alpha value is -4.81. The number of nitrogens with zero attached hydrogens (tertiary/aromatic N) is 7. The van der Waals surface area contributed by atoms with E-state index in [9.17, 15) is 14.7 Å². The lowest BCUT2D eigenvalue weighted by Crippen LogP contribution is -2.32. The van der Waals surface area contributed by atoms with Crippen LogP contribution in [0, 0.1) is 0 Å².